The minimum atomic E-state index is -0.181. The zero-order chi connectivity index (χ0) is 13.7. The standard InChI is InChI=1S/C15H18N2O2/c1-18-14-8-4-3-6-11(14)10-13(16)12-7-5-9-17-15(12)19-2/h3-9,13H,10,16H2,1-2H3. The Morgan fingerprint density at radius 1 is 1.11 bits per heavy atom. The van der Waals surface area contributed by atoms with Crippen molar-refractivity contribution in [2.45, 2.75) is 12.5 Å². The molecule has 0 aliphatic rings. The van der Waals surface area contributed by atoms with Crippen molar-refractivity contribution in [1.29, 1.82) is 0 Å². The number of nitrogens with two attached hydrogens (primary N) is 1. The molecular weight excluding hydrogens is 240 g/mol. The van der Waals surface area contributed by atoms with Gasteiger partial charge >= 0.3 is 0 Å². The van der Waals surface area contributed by atoms with Crippen molar-refractivity contribution >= 4 is 0 Å². The van der Waals surface area contributed by atoms with Crippen LogP contribution >= 0.6 is 0 Å². The predicted molar refractivity (Wildman–Crippen MR) is 74.4 cm³/mol. The van der Waals surface area contributed by atoms with Gasteiger partial charge < -0.3 is 15.2 Å². The lowest BCUT2D eigenvalue weighted by Gasteiger charge is -2.16. The molecule has 0 amide bonds. The van der Waals surface area contributed by atoms with Gasteiger partial charge in [-0.1, -0.05) is 24.3 Å². The lowest BCUT2D eigenvalue weighted by molar-refractivity contribution is 0.386. The Morgan fingerprint density at radius 2 is 1.89 bits per heavy atom. The summed E-state index contributed by atoms with van der Waals surface area (Å²) in [6.45, 7) is 0. The molecule has 0 spiro atoms. The zero-order valence-corrected chi connectivity index (χ0v) is 11.2. The van der Waals surface area contributed by atoms with E-state index in [1.54, 1.807) is 20.4 Å². The van der Waals surface area contributed by atoms with Gasteiger partial charge in [0, 0.05) is 17.8 Å². The molecule has 2 rings (SSSR count). The number of ether oxygens (including phenoxy) is 2. The molecule has 1 aromatic heterocycles. The van der Waals surface area contributed by atoms with Gasteiger partial charge in [-0.15, -0.1) is 0 Å². The van der Waals surface area contributed by atoms with Gasteiger partial charge in [0.2, 0.25) is 5.88 Å². The number of para-hydroxylation sites is 1. The summed E-state index contributed by atoms with van der Waals surface area (Å²) in [5.41, 5.74) is 8.22. The van der Waals surface area contributed by atoms with Crippen LogP contribution in [0.1, 0.15) is 17.2 Å². The van der Waals surface area contributed by atoms with Crippen molar-refractivity contribution < 1.29 is 9.47 Å². The van der Waals surface area contributed by atoms with Gasteiger partial charge in [-0.2, -0.15) is 0 Å². The van der Waals surface area contributed by atoms with Crippen LogP contribution in [0.5, 0.6) is 11.6 Å². The van der Waals surface area contributed by atoms with Crippen molar-refractivity contribution in [1.82, 2.24) is 4.98 Å². The molecule has 2 N–H and O–H groups in total. The second kappa shape index (κ2) is 6.20. The number of aromatic nitrogens is 1. The fourth-order valence-electron chi connectivity index (χ4n) is 2.07. The maximum absolute atomic E-state index is 6.25. The third-order valence-corrected chi connectivity index (χ3v) is 3.03. The predicted octanol–water partition coefficient (Wildman–Crippen LogP) is 2.34. The number of nitrogens with zero attached hydrogens (tertiary/aromatic N) is 1. The maximum atomic E-state index is 6.25. The molecule has 0 bridgehead atoms. The SMILES string of the molecule is COc1ccccc1CC(N)c1cccnc1OC. The van der Waals surface area contributed by atoms with Crippen LogP contribution in [0, 0.1) is 0 Å². The van der Waals surface area contributed by atoms with E-state index in [2.05, 4.69) is 4.98 Å². The average Bonchev–Trinajstić information content (AvgIpc) is 2.47. The number of pyridine rings is 1. The van der Waals surface area contributed by atoms with Gasteiger partial charge in [-0.3, -0.25) is 0 Å². The fraction of sp³-hybridized carbons (Fsp3) is 0.267. The quantitative estimate of drug-likeness (QED) is 0.894. The van der Waals surface area contributed by atoms with E-state index in [4.69, 9.17) is 15.2 Å². The summed E-state index contributed by atoms with van der Waals surface area (Å²) in [4.78, 5) is 4.17. The van der Waals surface area contributed by atoms with Crippen molar-refractivity contribution in [2.24, 2.45) is 5.73 Å². The summed E-state index contributed by atoms with van der Waals surface area (Å²) in [6.07, 6.45) is 2.37. The molecule has 0 fully saturated rings. The summed E-state index contributed by atoms with van der Waals surface area (Å²) >= 11 is 0. The lowest BCUT2D eigenvalue weighted by atomic mass is 10.00. The van der Waals surface area contributed by atoms with E-state index >= 15 is 0 Å². The van der Waals surface area contributed by atoms with E-state index in [0.717, 1.165) is 16.9 Å². The molecule has 2 aromatic rings. The van der Waals surface area contributed by atoms with E-state index in [-0.39, 0.29) is 6.04 Å². The molecular formula is C15H18N2O2. The van der Waals surface area contributed by atoms with Crippen LogP contribution in [0.4, 0.5) is 0 Å². The van der Waals surface area contributed by atoms with Gasteiger partial charge in [0.1, 0.15) is 5.75 Å². The summed E-state index contributed by atoms with van der Waals surface area (Å²) < 4.78 is 10.6. The van der Waals surface area contributed by atoms with Crippen molar-refractivity contribution in [3.05, 3.63) is 53.7 Å². The molecule has 4 heteroatoms. The highest BCUT2D eigenvalue weighted by Crippen LogP contribution is 2.27. The second-order valence-electron chi connectivity index (χ2n) is 4.22. The van der Waals surface area contributed by atoms with Gasteiger partial charge in [0.25, 0.3) is 0 Å². The zero-order valence-electron chi connectivity index (χ0n) is 11.2. The molecule has 0 radical (unpaired) electrons. The number of methoxy groups -OCH3 is 2. The van der Waals surface area contributed by atoms with Gasteiger partial charge in [-0.25, -0.2) is 4.98 Å². The molecule has 0 saturated heterocycles. The Morgan fingerprint density at radius 3 is 2.63 bits per heavy atom. The molecule has 0 aliphatic heterocycles. The number of hydrogen-bond acceptors (Lipinski definition) is 4. The van der Waals surface area contributed by atoms with E-state index in [9.17, 15) is 0 Å². The van der Waals surface area contributed by atoms with Gasteiger partial charge in [0.05, 0.1) is 14.2 Å². The highest BCUT2D eigenvalue weighted by atomic mass is 16.5. The van der Waals surface area contributed by atoms with E-state index < -0.39 is 0 Å². The third-order valence-electron chi connectivity index (χ3n) is 3.03. The fourth-order valence-corrected chi connectivity index (χ4v) is 2.07. The molecule has 100 valence electrons. The first-order chi connectivity index (χ1) is 9.26. The smallest absolute Gasteiger partial charge is 0.217 e. The van der Waals surface area contributed by atoms with Crippen molar-refractivity contribution in [3.8, 4) is 11.6 Å². The Kier molecular flexibility index (Phi) is 4.36. The summed E-state index contributed by atoms with van der Waals surface area (Å²) in [5, 5.41) is 0. The van der Waals surface area contributed by atoms with Crippen LogP contribution in [0.25, 0.3) is 0 Å². The second-order valence-corrected chi connectivity index (χ2v) is 4.22. The summed E-state index contributed by atoms with van der Waals surface area (Å²) in [7, 11) is 3.26. The Labute approximate surface area is 113 Å². The van der Waals surface area contributed by atoms with Crippen LogP contribution in [-0.2, 0) is 6.42 Å². The number of hydrogen-bond donors (Lipinski definition) is 1. The molecule has 1 aromatic carbocycles. The maximum Gasteiger partial charge on any atom is 0.217 e. The van der Waals surface area contributed by atoms with Gasteiger partial charge in [-0.05, 0) is 24.1 Å². The first-order valence-corrected chi connectivity index (χ1v) is 6.12. The summed E-state index contributed by atoms with van der Waals surface area (Å²) in [6, 6.07) is 11.5. The minimum absolute atomic E-state index is 0.181. The molecule has 4 nitrogen and oxygen atoms in total. The monoisotopic (exact) mass is 258 g/mol. The van der Waals surface area contributed by atoms with Crippen LogP contribution in [0.3, 0.4) is 0 Å². The van der Waals surface area contributed by atoms with Crippen molar-refractivity contribution in [3.63, 3.8) is 0 Å². The first-order valence-electron chi connectivity index (χ1n) is 6.12. The number of rotatable bonds is 5. The van der Waals surface area contributed by atoms with E-state index in [1.807, 2.05) is 36.4 Å². The highest BCUT2D eigenvalue weighted by Gasteiger charge is 2.15. The molecule has 0 saturated carbocycles. The Balaban J connectivity index is 2.23. The van der Waals surface area contributed by atoms with Crippen LogP contribution in [-0.4, -0.2) is 19.2 Å². The van der Waals surface area contributed by atoms with Crippen LogP contribution < -0.4 is 15.2 Å². The molecule has 1 unspecified atom stereocenters. The highest BCUT2D eigenvalue weighted by molar-refractivity contribution is 5.36. The summed E-state index contributed by atoms with van der Waals surface area (Å²) in [5.74, 6) is 1.42. The minimum Gasteiger partial charge on any atom is -0.496 e. The largest absolute Gasteiger partial charge is 0.496 e. The topological polar surface area (TPSA) is 57.4 Å². The first kappa shape index (κ1) is 13.4. The van der Waals surface area contributed by atoms with Crippen LogP contribution in [0.2, 0.25) is 0 Å². The molecule has 1 atom stereocenters. The Bertz CT molecular complexity index is 543. The molecule has 19 heavy (non-hydrogen) atoms. The van der Waals surface area contributed by atoms with E-state index in [1.165, 1.54) is 0 Å². The average molecular weight is 258 g/mol. The van der Waals surface area contributed by atoms with Crippen LogP contribution in [0.15, 0.2) is 42.6 Å². The van der Waals surface area contributed by atoms with Crippen molar-refractivity contribution in [2.75, 3.05) is 14.2 Å². The Hall–Kier alpha value is -2.07. The number of benzene rings is 1. The molecule has 1 heterocycles. The normalized spacial score (nSPS) is 11.9. The lowest BCUT2D eigenvalue weighted by Crippen LogP contribution is -2.15. The third kappa shape index (κ3) is 3.03. The molecule has 0 aliphatic carbocycles. The van der Waals surface area contributed by atoms with E-state index in [0.29, 0.717) is 12.3 Å². The van der Waals surface area contributed by atoms with Gasteiger partial charge in [0.15, 0.2) is 0 Å².